The SMILES string of the molecule is CCOC(=O)Cc1csc(NC(=O)COC(=O)[C@@H](C)Oc2ccc(F)cc2)n1. The van der Waals surface area contributed by atoms with E-state index in [1.165, 1.54) is 31.2 Å². The molecule has 2 rings (SSSR count). The predicted molar refractivity (Wildman–Crippen MR) is 98.5 cm³/mol. The number of anilines is 1. The molecule has 0 aliphatic heterocycles. The number of aromatic nitrogens is 1. The smallest absolute Gasteiger partial charge is 0.347 e. The van der Waals surface area contributed by atoms with Gasteiger partial charge >= 0.3 is 11.9 Å². The summed E-state index contributed by atoms with van der Waals surface area (Å²) in [5.41, 5.74) is 0.470. The molecule has 1 amide bonds. The Labute approximate surface area is 164 Å². The summed E-state index contributed by atoms with van der Waals surface area (Å²) in [5, 5.41) is 4.37. The lowest BCUT2D eigenvalue weighted by Crippen LogP contribution is -2.29. The number of halogens is 1. The van der Waals surface area contributed by atoms with Gasteiger partial charge in [-0.2, -0.15) is 0 Å². The van der Waals surface area contributed by atoms with Crippen molar-refractivity contribution in [2.24, 2.45) is 0 Å². The van der Waals surface area contributed by atoms with E-state index in [0.29, 0.717) is 11.4 Å². The molecule has 0 bridgehead atoms. The maximum Gasteiger partial charge on any atom is 0.347 e. The van der Waals surface area contributed by atoms with Crippen molar-refractivity contribution in [1.29, 1.82) is 0 Å². The first kappa shape index (κ1) is 21.3. The average Bonchev–Trinajstić information content (AvgIpc) is 3.08. The van der Waals surface area contributed by atoms with E-state index in [9.17, 15) is 18.8 Å². The number of nitrogens with one attached hydrogen (secondary N) is 1. The van der Waals surface area contributed by atoms with Gasteiger partial charge in [0.1, 0.15) is 11.6 Å². The van der Waals surface area contributed by atoms with Crippen LogP contribution in [0.2, 0.25) is 0 Å². The highest BCUT2D eigenvalue weighted by atomic mass is 32.1. The predicted octanol–water partition coefficient (Wildman–Crippen LogP) is 2.34. The third-order valence-corrected chi connectivity index (χ3v) is 4.04. The molecule has 0 spiro atoms. The quantitative estimate of drug-likeness (QED) is 0.633. The Morgan fingerprint density at radius 2 is 1.93 bits per heavy atom. The van der Waals surface area contributed by atoms with E-state index in [1.54, 1.807) is 12.3 Å². The molecule has 0 aliphatic rings. The van der Waals surface area contributed by atoms with Gasteiger partial charge in [0.15, 0.2) is 17.8 Å². The number of carbonyl (C=O) groups excluding carboxylic acids is 3. The molecule has 0 fully saturated rings. The van der Waals surface area contributed by atoms with Crippen molar-refractivity contribution < 1.29 is 33.0 Å². The van der Waals surface area contributed by atoms with Gasteiger partial charge in [0.05, 0.1) is 18.7 Å². The van der Waals surface area contributed by atoms with Crippen molar-refractivity contribution in [2.75, 3.05) is 18.5 Å². The van der Waals surface area contributed by atoms with Crippen LogP contribution in [0.5, 0.6) is 5.75 Å². The Morgan fingerprint density at radius 1 is 1.21 bits per heavy atom. The number of hydrogen-bond donors (Lipinski definition) is 1. The van der Waals surface area contributed by atoms with Gasteiger partial charge in [0.2, 0.25) is 0 Å². The van der Waals surface area contributed by atoms with Crippen LogP contribution in [-0.2, 0) is 30.3 Å². The first-order chi connectivity index (χ1) is 13.4. The summed E-state index contributed by atoms with van der Waals surface area (Å²) in [6.45, 7) is 2.91. The van der Waals surface area contributed by atoms with Crippen molar-refractivity contribution >= 4 is 34.3 Å². The summed E-state index contributed by atoms with van der Waals surface area (Å²) < 4.78 is 27.9. The van der Waals surface area contributed by atoms with Gasteiger partial charge in [-0.15, -0.1) is 11.3 Å². The molecular weight excluding hydrogens is 391 g/mol. The molecule has 0 saturated heterocycles. The molecule has 10 heteroatoms. The van der Waals surface area contributed by atoms with Gasteiger partial charge in [0.25, 0.3) is 5.91 Å². The van der Waals surface area contributed by atoms with Crippen molar-refractivity contribution in [3.8, 4) is 5.75 Å². The summed E-state index contributed by atoms with van der Waals surface area (Å²) in [6, 6.07) is 5.15. The Balaban J connectivity index is 1.75. The van der Waals surface area contributed by atoms with E-state index in [4.69, 9.17) is 14.2 Å². The van der Waals surface area contributed by atoms with Crippen molar-refractivity contribution in [2.45, 2.75) is 26.4 Å². The molecule has 2 aromatic rings. The fourth-order valence-corrected chi connectivity index (χ4v) is 2.71. The van der Waals surface area contributed by atoms with E-state index in [0.717, 1.165) is 11.3 Å². The van der Waals surface area contributed by atoms with E-state index in [2.05, 4.69) is 10.3 Å². The van der Waals surface area contributed by atoms with E-state index >= 15 is 0 Å². The fourth-order valence-electron chi connectivity index (χ4n) is 1.98. The van der Waals surface area contributed by atoms with Gasteiger partial charge in [-0.05, 0) is 38.1 Å². The molecule has 0 saturated carbocycles. The molecular formula is C18H19FN2O6S. The molecule has 1 aromatic carbocycles. The summed E-state index contributed by atoms with van der Waals surface area (Å²) in [6.07, 6.45) is -0.970. The second-order valence-electron chi connectivity index (χ2n) is 5.50. The number of rotatable bonds is 9. The standard InChI is InChI=1S/C18H19FN2O6S/c1-3-25-16(23)8-13-10-28-18(20-13)21-15(22)9-26-17(24)11(2)27-14-6-4-12(19)5-7-14/h4-7,10-11H,3,8-9H2,1-2H3,(H,20,21,22)/t11-/m1/s1. The number of carbonyl (C=O) groups is 3. The highest BCUT2D eigenvalue weighted by Gasteiger charge is 2.18. The van der Waals surface area contributed by atoms with Crippen LogP contribution >= 0.6 is 11.3 Å². The first-order valence-corrected chi connectivity index (χ1v) is 9.24. The number of thiazole rings is 1. The lowest BCUT2D eigenvalue weighted by molar-refractivity contribution is -0.153. The molecule has 0 aliphatic carbocycles. The van der Waals surface area contributed by atoms with Crippen LogP contribution < -0.4 is 10.1 Å². The summed E-state index contributed by atoms with van der Waals surface area (Å²) >= 11 is 1.13. The fraction of sp³-hybridized carbons (Fsp3) is 0.333. The van der Waals surface area contributed by atoms with Gasteiger partial charge in [-0.25, -0.2) is 14.2 Å². The van der Waals surface area contributed by atoms with Gasteiger partial charge < -0.3 is 14.2 Å². The second-order valence-corrected chi connectivity index (χ2v) is 6.35. The zero-order valence-electron chi connectivity index (χ0n) is 15.3. The van der Waals surface area contributed by atoms with Crippen LogP contribution in [-0.4, -0.2) is 42.1 Å². The molecule has 1 atom stereocenters. The lowest BCUT2D eigenvalue weighted by Gasteiger charge is -2.13. The van der Waals surface area contributed by atoms with Crippen LogP contribution in [0.15, 0.2) is 29.6 Å². The largest absolute Gasteiger partial charge is 0.479 e. The summed E-state index contributed by atoms with van der Waals surface area (Å²) in [7, 11) is 0. The van der Waals surface area contributed by atoms with Gasteiger partial charge in [0, 0.05) is 5.38 Å². The van der Waals surface area contributed by atoms with E-state index in [-0.39, 0.29) is 18.2 Å². The minimum Gasteiger partial charge on any atom is -0.479 e. The minimum absolute atomic E-state index is 0.00738. The molecule has 1 heterocycles. The number of hydrogen-bond acceptors (Lipinski definition) is 8. The number of benzene rings is 1. The third-order valence-electron chi connectivity index (χ3n) is 3.23. The van der Waals surface area contributed by atoms with Crippen molar-refractivity contribution in [3.05, 3.63) is 41.2 Å². The Kier molecular flexibility index (Phi) is 7.88. The Hall–Kier alpha value is -3.01. The highest BCUT2D eigenvalue weighted by molar-refractivity contribution is 7.13. The van der Waals surface area contributed by atoms with Crippen LogP contribution in [0.1, 0.15) is 19.5 Å². The summed E-state index contributed by atoms with van der Waals surface area (Å²) in [5.74, 6) is -1.87. The topological polar surface area (TPSA) is 104 Å². The zero-order valence-corrected chi connectivity index (χ0v) is 16.1. The number of amides is 1. The molecule has 0 unspecified atom stereocenters. The second kappa shape index (κ2) is 10.4. The number of nitrogens with zero attached hydrogens (tertiary/aromatic N) is 1. The van der Waals surface area contributed by atoms with Crippen LogP contribution in [0.4, 0.5) is 9.52 Å². The maximum atomic E-state index is 12.9. The zero-order chi connectivity index (χ0) is 20.5. The van der Waals surface area contributed by atoms with Crippen LogP contribution in [0.3, 0.4) is 0 Å². The summed E-state index contributed by atoms with van der Waals surface area (Å²) in [4.78, 5) is 39.3. The maximum absolute atomic E-state index is 12.9. The highest BCUT2D eigenvalue weighted by Crippen LogP contribution is 2.16. The van der Waals surface area contributed by atoms with Crippen molar-refractivity contribution in [1.82, 2.24) is 4.98 Å². The molecule has 28 heavy (non-hydrogen) atoms. The Morgan fingerprint density at radius 3 is 2.61 bits per heavy atom. The molecule has 1 aromatic heterocycles. The van der Waals surface area contributed by atoms with E-state index < -0.39 is 36.4 Å². The van der Waals surface area contributed by atoms with Crippen LogP contribution in [0.25, 0.3) is 0 Å². The molecule has 1 N–H and O–H groups in total. The monoisotopic (exact) mass is 410 g/mol. The van der Waals surface area contributed by atoms with Crippen molar-refractivity contribution in [3.63, 3.8) is 0 Å². The van der Waals surface area contributed by atoms with E-state index in [1.807, 2.05) is 0 Å². The molecule has 150 valence electrons. The average molecular weight is 410 g/mol. The Bertz CT molecular complexity index is 824. The normalized spacial score (nSPS) is 11.4. The minimum atomic E-state index is -0.977. The number of esters is 2. The number of ether oxygens (including phenoxy) is 3. The van der Waals surface area contributed by atoms with Gasteiger partial charge in [-0.1, -0.05) is 0 Å². The first-order valence-electron chi connectivity index (χ1n) is 8.36. The van der Waals surface area contributed by atoms with Crippen LogP contribution in [0, 0.1) is 5.82 Å². The third kappa shape index (κ3) is 6.95. The lowest BCUT2D eigenvalue weighted by atomic mass is 10.3. The molecule has 0 radical (unpaired) electrons. The van der Waals surface area contributed by atoms with Gasteiger partial charge in [-0.3, -0.25) is 14.9 Å². The molecule has 8 nitrogen and oxygen atoms in total.